The van der Waals surface area contributed by atoms with Crippen molar-refractivity contribution in [2.75, 3.05) is 18.8 Å². The van der Waals surface area contributed by atoms with Crippen molar-refractivity contribution in [3.63, 3.8) is 0 Å². The summed E-state index contributed by atoms with van der Waals surface area (Å²) in [5.74, 6) is 3.88. The number of rotatable bonds is 1. The minimum Gasteiger partial charge on any atom is -0.337 e. The number of amides is 1. The summed E-state index contributed by atoms with van der Waals surface area (Å²) in [6.07, 6.45) is 4.57. The smallest absolute Gasteiger partial charge is 0.263 e. The predicted molar refractivity (Wildman–Crippen MR) is 88.9 cm³/mol. The molecule has 3 heterocycles. The van der Waals surface area contributed by atoms with Crippen molar-refractivity contribution >= 4 is 29.0 Å². The van der Waals surface area contributed by atoms with Gasteiger partial charge in [0.2, 0.25) is 0 Å². The number of nitrogens with two attached hydrogens (primary N) is 1. The molecule has 0 bridgehead atoms. The number of thiophene rings is 1. The Morgan fingerprint density at radius 2 is 2.14 bits per heavy atom. The van der Waals surface area contributed by atoms with Gasteiger partial charge in [-0.3, -0.25) is 4.79 Å². The highest BCUT2D eigenvalue weighted by Gasteiger charge is 2.39. The normalized spacial score (nSPS) is 31.9. The van der Waals surface area contributed by atoms with Crippen molar-refractivity contribution < 1.29 is 4.79 Å². The number of nitrogens with zero attached hydrogens (tertiary/aromatic N) is 1. The number of hydrogen-bond donors (Lipinski definition) is 1. The van der Waals surface area contributed by atoms with Gasteiger partial charge in [-0.2, -0.15) is 11.8 Å². The molecule has 4 rings (SSSR count). The molecule has 1 aliphatic carbocycles. The molecule has 0 radical (unpaired) electrons. The summed E-state index contributed by atoms with van der Waals surface area (Å²) in [7, 11) is 0. The molecule has 1 unspecified atom stereocenters. The lowest BCUT2D eigenvalue weighted by Gasteiger charge is -2.27. The van der Waals surface area contributed by atoms with Gasteiger partial charge in [-0.05, 0) is 54.9 Å². The number of aryl methyl sites for hydroxylation is 1. The highest BCUT2D eigenvalue weighted by molar-refractivity contribution is 7.98. The van der Waals surface area contributed by atoms with Crippen molar-refractivity contribution in [1.82, 2.24) is 4.90 Å². The molecule has 0 spiro atoms. The lowest BCUT2D eigenvalue weighted by Crippen LogP contribution is -2.32. The number of hydrogen-bond acceptors (Lipinski definition) is 4. The first-order valence-electron chi connectivity index (χ1n) is 7.95. The Morgan fingerprint density at radius 1 is 1.29 bits per heavy atom. The summed E-state index contributed by atoms with van der Waals surface area (Å²) in [4.78, 5) is 17.3. The molecule has 2 N–H and O–H groups in total. The summed E-state index contributed by atoms with van der Waals surface area (Å²) in [6, 6.07) is 2.51. The Kier molecular flexibility index (Phi) is 3.76. The van der Waals surface area contributed by atoms with Crippen LogP contribution in [-0.2, 0) is 12.2 Å². The molecule has 3 atom stereocenters. The lowest BCUT2D eigenvalue weighted by molar-refractivity contribution is 0.0788. The van der Waals surface area contributed by atoms with Crippen LogP contribution in [0, 0.1) is 11.8 Å². The van der Waals surface area contributed by atoms with Gasteiger partial charge in [0.05, 0.1) is 4.88 Å². The molecule has 1 saturated carbocycles. The van der Waals surface area contributed by atoms with E-state index in [-0.39, 0.29) is 5.91 Å². The SMILES string of the molecule is NC1CC[C@@H]2CN(C(=O)c3cc4c(s3)CCSC4)C[C@@H]2C1. The Balaban J connectivity index is 1.49. The molecule has 1 amide bonds. The first-order chi connectivity index (χ1) is 10.2. The van der Waals surface area contributed by atoms with E-state index in [9.17, 15) is 4.79 Å². The second-order valence-electron chi connectivity index (χ2n) is 6.67. The maximum atomic E-state index is 12.8. The molecule has 114 valence electrons. The highest BCUT2D eigenvalue weighted by Crippen LogP contribution is 2.38. The monoisotopic (exact) mass is 322 g/mol. The lowest BCUT2D eigenvalue weighted by atomic mass is 9.79. The third-order valence-electron chi connectivity index (χ3n) is 5.22. The Morgan fingerprint density at radius 3 is 3.00 bits per heavy atom. The van der Waals surface area contributed by atoms with Crippen molar-refractivity contribution in [2.45, 2.75) is 37.5 Å². The van der Waals surface area contributed by atoms with Crippen molar-refractivity contribution in [2.24, 2.45) is 17.6 Å². The van der Waals surface area contributed by atoms with Gasteiger partial charge in [0, 0.05) is 29.8 Å². The molecular formula is C16H22N2OS2. The maximum absolute atomic E-state index is 12.8. The van der Waals surface area contributed by atoms with E-state index in [0.29, 0.717) is 17.9 Å². The second-order valence-corrected chi connectivity index (χ2v) is 8.91. The van der Waals surface area contributed by atoms with Crippen LogP contribution in [0.25, 0.3) is 0 Å². The van der Waals surface area contributed by atoms with E-state index in [1.165, 1.54) is 22.6 Å². The minimum atomic E-state index is 0.266. The van der Waals surface area contributed by atoms with Crippen LogP contribution in [0.2, 0.25) is 0 Å². The molecule has 21 heavy (non-hydrogen) atoms. The maximum Gasteiger partial charge on any atom is 0.263 e. The van der Waals surface area contributed by atoms with Crippen LogP contribution in [0.4, 0.5) is 0 Å². The van der Waals surface area contributed by atoms with Crippen molar-refractivity contribution in [1.29, 1.82) is 0 Å². The third-order valence-corrected chi connectivity index (χ3v) is 7.45. The average Bonchev–Trinajstić information content (AvgIpc) is 3.09. The van der Waals surface area contributed by atoms with E-state index in [2.05, 4.69) is 11.0 Å². The van der Waals surface area contributed by atoms with Gasteiger partial charge in [0.25, 0.3) is 5.91 Å². The summed E-state index contributed by atoms with van der Waals surface area (Å²) in [5, 5.41) is 0. The molecule has 2 fully saturated rings. The molecule has 5 heteroatoms. The molecule has 3 aliphatic rings. The van der Waals surface area contributed by atoms with Crippen LogP contribution in [-0.4, -0.2) is 35.7 Å². The summed E-state index contributed by atoms with van der Waals surface area (Å²) >= 11 is 3.71. The zero-order chi connectivity index (χ0) is 14.4. The van der Waals surface area contributed by atoms with Crippen LogP contribution < -0.4 is 5.73 Å². The van der Waals surface area contributed by atoms with Crippen LogP contribution >= 0.6 is 23.1 Å². The van der Waals surface area contributed by atoms with Crippen LogP contribution in [0.15, 0.2) is 6.07 Å². The molecule has 1 saturated heterocycles. The fourth-order valence-corrected chi connectivity index (χ4v) is 6.38. The van der Waals surface area contributed by atoms with E-state index in [1.54, 1.807) is 11.3 Å². The number of carbonyl (C=O) groups excluding carboxylic acids is 1. The van der Waals surface area contributed by atoms with Gasteiger partial charge in [-0.15, -0.1) is 11.3 Å². The zero-order valence-electron chi connectivity index (χ0n) is 12.2. The van der Waals surface area contributed by atoms with Crippen LogP contribution in [0.5, 0.6) is 0 Å². The number of likely N-dealkylation sites (tertiary alicyclic amines) is 1. The molecule has 2 aliphatic heterocycles. The molecule has 3 nitrogen and oxygen atoms in total. The second kappa shape index (κ2) is 5.60. The van der Waals surface area contributed by atoms with Gasteiger partial charge in [-0.1, -0.05) is 0 Å². The summed E-state index contributed by atoms with van der Waals surface area (Å²) in [6.45, 7) is 1.88. The topological polar surface area (TPSA) is 46.3 Å². The fourth-order valence-electron chi connectivity index (χ4n) is 4.04. The third kappa shape index (κ3) is 2.64. The zero-order valence-corrected chi connectivity index (χ0v) is 13.8. The van der Waals surface area contributed by atoms with E-state index in [4.69, 9.17) is 5.73 Å². The molecule has 1 aromatic rings. The Hall–Kier alpha value is -0.520. The quantitative estimate of drug-likeness (QED) is 0.865. The van der Waals surface area contributed by atoms with Gasteiger partial charge in [0.1, 0.15) is 0 Å². The van der Waals surface area contributed by atoms with Crippen molar-refractivity contribution in [3.05, 3.63) is 21.4 Å². The van der Waals surface area contributed by atoms with Crippen LogP contribution in [0.1, 0.15) is 39.4 Å². The predicted octanol–water partition coefficient (Wildman–Crippen LogP) is 2.74. The van der Waals surface area contributed by atoms with E-state index >= 15 is 0 Å². The van der Waals surface area contributed by atoms with E-state index < -0.39 is 0 Å². The largest absolute Gasteiger partial charge is 0.337 e. The number of carbonyl (C=O) groups is 1. The van der Waals surface area contributed by atoms with Gasteiger partial charge >= 0.3 is 0 Å². The summed E-state index contributed by atoms with van der Waals surface area (Å²) < 4.78 is 0. The Labute approximate surface area is 134 Å². The van der Waals surface area contributed by atoms with E-state index in [1.807, 2.05) is 11.8 Å². The van der Waals surface area contributed by atoms with Crippen LogP contribution in [0.3, 0.4) is 0 Å². The standard InChI is InChI=1S/C16H22N2OS2/c17-13-2-1-10-7-18(8-11(10)5-13)16(19)15-6-12-9-20-4-3-14(12)21-15/h6,10-11,13H,1-5,7-9,17H2/t10-,11+,13?/m1/s1. The minimum absolute atomic E-state index is 0.266. The molecular weight excluding hydrogens is 300 g/mol. The molecule has 0 aromatic carbocycles. The average molecular weight is 322 g/mol. The van der Waals surface area contributed by atoms with Gasteiger partial charge in [0.15, 0.2) is 0 Å². The van der Waals surface area contributed by atoms with E-state index in [0.717, 1.165) is 43.0 Å². The Bertz CT molecular complexity index is 533. The number of fused-ring (bicyclic) bond motifs is 2. The van der Waals surface area contributed by atoms with Gasteiger partial charge in [-0.25, -0.2) is 0 Å². The van der Waals surface area contributed by atoms with Crippen molar-refractivity contribution in [3.8, 4) is 0 Å². The first kappa shape index (κ1) is 14.1. The summed E-state index contributed by atoms with van der Waals surface area (Å²) in [5.41, 5.74) is 7.49. The number of thioether (sulfide) groups is 1. The first-order valence-corrected chi connectivity index (χ1v) is 9.92. The highest BCUT2D eigenvalue weighted by atomic mass is 32.2. The van der Waals surface area contributed by atoms with Gasteiger partial charge < -0.3 is 10.6 Å². The fraction of sp³-hybridized carbons (Fsp3) is 0.688. The molecule has 1 aromatic heterocycles.